The second-order valence-corrected chi connectivity index (χ2v) is 2.76. The van der Waals surface area contributed by atoms with Gasteiger partial charge in [-0.1, -0.05) is 20.8 Å². The standard InChI is InChI=1S/C4H10.C2H3NO3S/c1-4(2)3;4-2(5)1-3-7-6/h4H,1-3H3;1,6H,(H,4,5)/b;3-1+. The molecule has 2 N–H and O–H groups in total. The summed E-state index contributed by atoms with van der Waals surface area (Å²) in [5.41, 5.74) is 0. The SMILES string of the molecule is CC(C)C.O=C(O)/C=N/SO. The van der Waals surface area contributed by atoms with Gasteiger partial charge >= 0.3 is 5.97 Å². The number of hydrogen-bond acceptors (Lipinski definition) is 4. The Balaban J connectivity index is 0. The van der Waals surface area contributed by atoms with Gasteiger partial charge in [-0.25, -0.2) is 4.79 Å². The topological polar surface area (TPSA) is 69.9 Å². The van der Waals surface area contributed by atoms with Crippen LogP contribution in [0.1, 0.15) is 20.8 Å². The maximum atomic E-state index is 9.48. The minimum absolute atomic E-state index is 0.119. The number of rotatable bonds is 2. The fraction of sp³-hybridized carbons (Fsp3) is 0.667. The minimum atomic E-state index is -1.17. The van der Waals surface area contributed by atoms with Gasteiger partial charge in [0, 0.05) is 0 Å². The minimum Gasteiger partial charge on any atom is -0.477 e. The predicted molar refractivity (Wildman–Crippen MR) is 46.9 cm³/mol. The molecule has 0 aromatic heterocycles. The first kappa shape index (κ1) is 13.1. The molecule has 0 aromatic carbocycles. The van der Waals surface area contributed by atoms with Gasteiger partial charge in [0.2, 0.25) is 0 Å². The van der Waals surface area contributed by atoms with Gasteiger partial charge in [-0.3, -0.25) is 0 Å². The van der Waals surface area contributed by atoms with Crippen LogP contribution in [0, 0.1) is 5.92 Å². The van der Waals surface area contributed by atoms with Gasteiger partial charge in [0.15, 0.2) is 0 Å². The Bertz CT molecular complexity index is 122. The van der Waals surface area contributed by atoms with Crippen molar-refractivity contribution in [2.45, 2.75) is 20.8 Å². The van der Waals surface area contributed by atoms with Crippen LogP contribution in [0.25, 0.3) is 0 Å². The molecule has 66 valence electrons. The molecule has 0 fully saturated rings. The molecule has 0 aliphatic heterocycles. The first-order valence-corrected chi connectivity index (χ1v) is 3.80. The third-order valence-electron chi connectivity index (χ3n) is 0.210. The van der Waals surface area contributed by atoms with Crippen LogP contribution in [0.3, 0.4) is 0 Å². The lowest BCUT2D eigenvalue weighted by Gasteiger charge is -1.79. The Labute approximate surface area is 70.7 Å². The van der Waals surface area contributed by atoms with Crippen molar-refractivity contribution in [3.8, 4) is 0 Å². The van der Waals surface area contributed by atoms with Crippen LogP contribution in [0.4, 0.5) is 0 Å². The van der Waals surface area contributed by atoms with E-state index in [9.17, 15) is 4.79 Å². The summed E-state index contributed by atoms with van der Waals surface area (Å²) in [6, 6.07) is 0. The van der Waals surface area contributed by atoms with E-state index in [1.165, 1.54) is 0 Å². The van der Waals surface area contributed by atoms with Crippen molar-refractivity contribution in [2.24, 2.45) is 10.3 Å². The normalized spacial score (nSPS) is 9.55. The number of aliphatic carboxylic acids is 1. The third-order valence-corrected chi connectivity index (χ3v) is 0.410. The number of hydrogen-bond donors (Lipinski definition) is 2. The Morgan fingerprint density at radius 1 is 1.55 bits per heavy atom. The number of carboxylic acids is 1. The maximum Gasteiger partial charge on any atom is 0.347 e. The molecule has 0 unspecified atom stereocenters. The first-order valence-electron chi connectivity index (χ1n) is 3.07. The summed E-state index contributed by atoms with van der Waals surface area (Å²) in [6.07, 6.45) is 0.602. The molecule has 0 atom stereocenters. The summed E-state index contributed by atoms with van der Waals surface area (Å²) >= 11 is 0.119. The first-order chi connectivity index (χ1) is 5.00. The second kappa shape index (κ2) is 9.45. The zero-order valence-electron chi connectivity index (χ0n) is 6.81. The van der Waals surface area contributed by atoms with Gasteiger partial charge in [-0.15, -0.1) is 0 Å². The van der Waals surface area contributed by atoms with E-state index in [-0.39, 0.29) is 12.2 Å². The fourth-order valence-electron chi connectivity index (χ4n) is 0.0687. The lowest BCUT2D eigenvalue weighted by atomic mass is 10.3. The second-order valence-electron chi connectivity index (χ2n) is 2.39. The Kier molecular flexibility index (Phi) is 11.2. The molecule has 0 rings (SSSR count). The van der Waals surface area contributed by atoms with Crippen molar-refractivity contribution in [3.63, 3.8) is 0 Å². The summed E-state index contributed by atoms with van der Waals surface area (Å²) in [5, 5.41) is 7.77. The summed E-state index contributed by atoms with van der Waals surface area (Å²) in [6.45, 7) is 6.50. The van der Waals surface area contributed by atoms with Crippen LogP contribution in [0.15, 0.2) is 4.40 Å². The third kappa shape index (κ3) is 44.1. The number of carbonyl (C=O) groups is 1. The van der Waals surface area contributed by atoms with Crippen molar-refractivity contribution in [1.29, 1.82) is 0 Å². The van der Waals surface area contributed by atoms with Gasteiger partial charge in [-0.05, 0) is 5.92 Å². The molecule has 4 nitrogen and oxygen atoms in total. The van der Waals surface area contributed by atoms with E-state index >= 15 is 0 Å². The van der Waals surface area contributed by atoms with E-state index in [2.05, 4.69) is 25.2 Å². The maximum absolute atomic E-state index is 9.48. The van der Waals surface area contributed by atoms with Crippen LogP contribution < -0.4 is 0 Å². The molecule has 0 aliphatic carbocycles. The molecule has 0 aromatic rings. The summed E-state index contributed by atoms with van der Waals surface area (Å²) in [4.78, 5) is 9.48. The smallest absolute Gasteiger partial charge is 0.347 e. The van der Waals surface area contributed by atoms with Crippen LogP contribution in [0.2, 0.25) is 0 Å². The van der Waals surface area contributed by atoms with Crippen LogP contribution in [0.5, 0.6) is 0 Å². The average molecular weight is 179 g/mol. The lowest BCUT2D eigenvalue weighted by Crippen LogP contribution is -1.92. The molecular formula is C6H13NO3S. The molecule has 0 heterocycles. The van der Waals surface area contributed by atoms with E-state index in [0.29, 0.717) is 6.21 Å². The van der Waals surface area contributed by atoms with Gasteiger partial charge in [0.1, 0.15) is 18.4 Å². The van der Waals surface area contributed by atoms with Crippen LogP contribution in [-0.4, -0.2) is 21.8 Å². The van der Waals surface area contributed by atoms with Crippen molar-refractivity contribution in [2.75, 3.05) is 0 Å². The highest BCUT2D eigenvalue weighted by molar-refractivity contribution is 7.92. The van der Waals surface area contributed by atoms with E-state index in [0.717, 1.165) is 5.92 Å². The van der Waals surface area contributed by atoms with Crippen molar-refractivity contribution >= 4 is 24.4 Å². The summed E-state index contributed by atoms with van der Waals surface area (Å²) < 4.78 is 10.7. The molecule has 0 saturated heterocycles. The highest BCUT2D eigenvalue weighted by Gasteiger charge is 1.82. The summed E-state index contributed by atoms with van der Waals surface area (Å²) in [5.74, 6) is -0.332. The predicted octanol–water partition coefficient (Wildman–Crippen LogP) is 1.93. The molecular weight excluding hydrogens is 166 g/mol. The Hall–Kier alpha value is -0.550. The van der Waals surface area contributed by atoms with Gasteiger partial charge in [0.25, 0.3) is 0 Å². The van der Waals surface area contributed by atoms with Crippen molar-refractivity contribution < 1.29 is 14.5 Å². The lowest BCUT2D eigenvalue weighted by molar-refractivity contribution is -0.128. The summed E-state index contributed by atoms with van der Waals surface area (Å²) in [7, 11) is 0. The van der Waals surface area contributed by atoms with Crippen molar-refractivity contribution in [1.82, 2.24) is 0 Å². The van der Waals surface area contributed by atoms with Gasteiger partial charge < -0.3 is 9.66 Å². The van der Waals surface area contributed by atoms with Crippen LogP contribution >= 0.6 is 12.2 Å². The van der Waals surface area contributed by atoms with E-state index in [1.54, 1.807) is 0 Å². The zero-order chi connectivity index (χ0) is 9.28. The Morgan fingerprint density at radius 3 is 2.00 bits per heavy atom. The zero-order valence-corrected chi connectivity index (χ0v) is 7.63. The van der Waals surface area contributed by atoms with Crippen LogP contribution in [-0.2, 0) is 4.79 Å². The monoisotopic (exact) mass is 179 g/mol. The number of nitrogens with zero attached hydrogens (tertiary/aromatic N) is 1. The van der Waals surface area contributed by atoms with Gasteiger partial charge in [-0.2, -0.15) is 4.40 Å². The molecule has 11 heavy (non-hydrogen) atoms. The van der Waals surface area contributed by atoms with E-state index in [4.69, 9.17) is 9.66 Å². The quantitative estimate of drug-likeness (QED) is 0.386. The molecule has 0 spiro atoms. The average Bonchev–Trinajstić information content (AvgIpc) is 1.82. The van der Waals surface area contributed by atoms with E-state index in [1.807, 2.05) is 0 Å². The van der Waals surface area contributed by atoms with E-state index < -0.39 is 5.97 Å². The molecule has 0 aliphatic rings. The molecule has 0 radical (unpaired) electrons. The largest absolute Gasteiger partial charge is 0.477 e. The fourth-order valence-corrected chi connectivity index (χ4v) is 0.206. The highest BCUT2D eigenvalue weighted by Crippen LogP contribution is 1.87. The molecule has 0 saturated carbocycles. The molecule has 5 heteroatoms. The number of carboxylic acid groups (broad SMARTS) is 1. The highest BCUT2D eigenvalue weighted by atomic mass is 32.2. The van der Waals surface area contributed by atoms with Crippen molar-refractivity contribution in [3.05, 3.63) is 0 Å². The molecule has 0 amide bonds. The molecule has 0 bridgehead atoms. The van der Waals surface area contributed by atoms with Gasteiger partial charge in [0.05, 0.1) is 0 Å². The Morgan fingerprint density at radius 2 is 1.91 bits per heavy atom.